The number of amides is 2. The van der Waals surface area contributed by atoms with Gasteiger partial charge in [-0.05, 0) is 26.3 Å². The number of carbonyl (C=O) groups excluding carboxylic acids is 2. The second-order valence-electron chi connectivity index (χ2n) is 4.06. The maximum absolute atomic E-state index is 11.3. The minimum Gasteiger partial charge on any atom is -0.369 e. The Balaban J connectivity index is 2.36. The maximum Gasteiger partial charge on any atom is 0.234 e. The fourth-order valence-electron chi connectivity index (χ4n) is 2.02. The number of carbonyl (C=O) groups is 2. The van der Waals surface area contributed by atoms with E-state index in [1.54, 1.807) is 7.05 Å². The van der Waals surface area contributed by atoms with Crippen LogP contribution in [0.5, 0.6) is 0 Å². The SMILES string of the molecule is CNCC(=O)NC1CCCC(C(N)=O)C1. The van der Waals surface area contributed by atoms with Crippen molar-refractivity contribution in [3.63, 3.8) is 0 Å². The van der Waals surface area contributed by atoms with Gasteiger partial charge >= 0.3 is 0 Å². The van der Waals surface area contributed by atoms with Gasteiger partial charge in [0.05, 0.1) is 6.54 Å². The van der Waals surface area contributed by atoms with Crippen molar-refractivity contribution in [2.45, 2.75) is 31.7 Å². The lowest BCUT2D eigenvalue weighted by Gasteiger charge is -2.27. The Labute approximate surface area is 89.8 Å². The van der Waals surface area contributed by atoms with Gasteiger partial charge in [-0.1, -0.05) is 6.42 Å². The van der Waals surface area contributed by atoms with E-state index in [4.69, 9.17) is 5.73 Å². The molecule has 5 heteroatoms. The lowest BCUT2D eigenvalue weighted by molar-refractivity contribution is -0.125. The van der Waals surface area contributed by atoms with Crippen molar-refractivity contribution in [1.29, 1.82) is 0 Å². The zero-order valence-corrected chi connectivity index (χ0v) is 9.08. The topological polar surface area (TPSA) is 84.2 Å². The Bertz CT molecular complexity index is 243. The summed E-state index contributed by atoms with van der Waals surface area (Å²) in [6, 6.07) is 0.108. The van der Waals surface area contributed by atoms with E-state index >= 15 is 0 Å². The number of rotatable bonds is 4. The second-order valence-corrected chi connectivity index (χ2v) is 4.06. The summed E-state index contributed by atoms with van der Waals surface area (Å²) < 4.78 is 0. The highest BCUT2D eigenvalue weighted by molar-refractivity contribution is 5.79. The van der Waals surface area contributed by atoms with E-state index in [-0.39, 0.29) is 23.8 Å². The Morgan fingerprint density at radius 2 is 2.13 bits per heavy atom. The predicted octanol–water partition coefficient (Wildman–Crippen LogP) is -0.634. The van der Waals surface area contributed by atoms with Crippen LogP contribution in [0.3, 0.4) is 0 Å². The minimum absolute atomic E-state index is 0.0207. The van der Waals surface area contributed by atoms with E-state index in [0.717, 1.165) is 19.3 Å². The molecule has 4 N–H and O–H groups in total. The monoisotopic (exact) mass is 213 g/mol. The summed E-state index contributed by atoms with van der Waals surface area (Å²) in [5.41, 5.74) is 5.25. The van der Waals surface area contributed by atoms with Gasteiger partial charge in [0.25, 0.3) is 0 Å². The van der Waals surface area contributed by atoms with Crippen molar-refractivity contribution in [1.82, 2.24) is 10.6 Å². The molecular formula is C10H19N3O2. The molecule has 86 valence electrons. The molecule has 0 heterocycles. The van der Waals surface area contributed by atoms with Gasteiger partial charge in [-0.3, -0.25) is 9.59 Å². The first kappa shape index (κ1) is 12.0. The van der Waals surface area contributed by atoms with E-state index in [1.165, 1.54) is 0 Å². The van der Waals surface area contributed by atoms with Gasteiger partial charge in [-0.15, -0.1) is 0 Å². The summed E-state index contributed by atoms with van der Waals surface area (Å²) in [5, 5.41) is 5.68. The molecule has 0 saturated heterocycles. The molecule has 0 radical (unpaired) electrons. The first-order valence-corrected chi connectivity index (χ1v) is 5.36. The number of likely N-dealkylation sites (N-methyl/N-ethyl adjacent to an activating group) is 1. The zero-order valence-electron chi connectivity index (χ0n) is 9.08. The first-order chi connectivity index (χ1) is 7.13. The Morgan fingerprint density at radius 3 is 2.73 bits per heavy atom. The highest BCUT2D eigenvalue weighted by Crippen LogP contribution is 2.23. The molecule has 0 spiro atoms. The molecule has 0 bridgehead atoms. The molecular weight excluding hydrogens is 194 g/mol. The van der Waals surface area contributed by atoms with Crippen LogP contribution in [0, 0.1) is 5.92 Å². The summed E-state index contributed by atoms with van der Waals surface area (Å²) >= 11 is 0. The largest absolute Gasteiger partial charge is 0.369 e. The third-order valence-electron chi connectivity index (χ3n) is 2.78. The molecule has 1 rings (SSSR count). The highest BCUT2D eigenvalue weighted by Gasteiger charge is 2.26. The number of primary amides is 1. The van der Waals surface area contributed by atoms with Crippen LogP contribution in [-0.4, -0.2) is 31.4 Å². The minimum atomic E-state index is -0.248. The Kier molecular flexibility index (Phi) is 4.55. The molecule has 2 atom stereocenters. The van der Waals surface area contributed by atoms with E-state index < -0.39 is 0 Å². The fraction of sp³-hybridized carbons (Fsp3) is 0.800. The third-order valence-corrected chi connectivity index (χ3v) is 2.78. The summed E-state index contributed by atoms with van der Waals surface area (Å²) in [5.74, 6) is -0.339. The fourth-order valence-corrected chi connectivity index (χ4v) is 2.02. The second kappa shape index (κ2) is 5.70. The predicted molar refractivity (Wildman–Crippen MR) is 57.0 cm³/mol. The van der Waals surface area contributed by atoms with E-state index in [2.05, 4.69) is 10.6 Å². The molecule has 0 aromatic heterocycles. The van der Waals surface area contributed by atoms with Gasteiger partial charge in [-0.2, -0.15) is 0 Å². The van der Waals surface area contributed by atoms with Crippen molar-refractivity contribution in [2.75, 3.05) is 13.6 Å². The molecule has 2 amide bonds. The van der Waals surface area contributed by atoms with Crippen molar-refractivity contribution in [3.05, 3.63) is 0 Å². The molecule has 1 aliphatic carbocycles. The Morgan fingerprint density at radius 1 is 1.40 bits per heavy atom. The van der Waals surface area contributed by atoms with Gasteiger partial charge in [0, 0.05) is 12.0 Å². The molecule has 2 unspecified atom stereocenters. The summed E-state index contributed by atoms with van der Waals surface area (Å²) in [7, 11) is 1.73. The molecule has 0 aromatic carbocycles. The van der Waals surface area contributed by atoms with Crippen LogP contribution in [-0.2, 0) is 9.59 Å². The van der Waals surface area contributed by atoms with Crippen molar-refractivity contribution < 1.29 is 9.59 Å². The van der Waals surface area contributed by atoms with Crippen molar-refractivity contribution in [2.24, 2.45) is 11.7 Å². The lowest BCUT2D eigenvalue weighted by atomic mass is 9.85. The van der Waals surface area contributed by atoms with E-state index in [1.807, 2.05) is 0 Å². The van der Waals surface area contributed by atoms with E-state index in [9.17, 15) is 9.59 Å². The zero-order chi connectivity index (χ0) is 11.3. The summed E-state index contributed by atoms with van der Waals surface area (Å²) in [4.78, 5) is 22.3. The first-order valence-electron chi connectivity index (χ1n) is 5.36. The van der Waals surface area contributed by atoms with Crippen molar-refractivity contribution in [3.8, 4) is 0 Å². The third kappa shape index (κ3) is 3.87. The van der Waals surface area contributed by atoms with Crippen molar-refractivity contribution >= 4 is 11.8 Å². The van der Waals surface area contributed by atoms with Gasteiger partial charge in [0.1, 0.15) is 0 Å². The van der Waals surface area contributed by atoms with Crippen LogP contribution in [0.25, 0.3) is 0 Å². The van der Waals surface area contributed by atoms with Crippen LogP contribution in [0.4, 0.5) is 0 Å². The number of nitrogens with one attached hydrogen (secondary N) is 2. The van der Waals surface area contributed by atoms with Crippen LogP contribution < -0.4 is 16.4 Å². The molecule has 5 nitrogen and oxygen atoms in total. The van der Waals surface area contributed by atoms with Gasteiger partial charge in [-0.25, -0.2) is 0 Å². The normalized spacial score (nSPS) is 25.9. The lowest BCUT2D eigenvalue weighted by Crippen LogP contribution is -2.43. The van der Waals surface area contributed by atoms with E-state index in [0.29, 0.717) is 13.0 Å². The van der Waals surface area contributed by atoms with Crippen LogP contribution >= 0.6 is 0 Å². The van der Waals surface area contributed by atoms with Crippen LogP contribution in [0.2, 0.25) is 0 Å². The molecule has 1 saturated carbocycles. The maximum atomic E-state index is 11.3. The smallest absolute Gasteiger partial charge is 0.234 e. The number of nitrogens with two attached hydrogens (primary N) is 1. The summed E-state index contributed by atoms with van der Waals surface area (Å²) in [6.07, 6.45) is 3.44. The molecule has 1 aliphatic rings. The van der Waals surface area contributed by atoms with Gasteiger partial charge in [0.15, 0.2) is 0 Å². The average Bonchev–Trinajstić information content (AvgIpc) is 2.18. The highest BCUT2D eigenvalue weighted by atomic mass is 16.2. The van der Waals surface area contributed by atoms with Crippen LogP contribution in [0.1, 0.15) is 25.7 Å². The quantitative estimate of drug-likeness (QED) is 0.581. The molecule has 15 heavy (non-hydrogen) atoms. The number of hydrogen-bond donors (Lipinski definition) is 3. The van der Waals surface area contributed by atoms with Crippen LogP contribution in [0.15, 0.2) is 0 Å². The standard InChI is InChI=1S/C10H19N3O2/c1-12-6-9(14)13-8-4-2-3-7(5-8)10(11)15/h7-8,12H,2-6H2,1H3,(H2,11,15)(H,13,14). The Hall–Kier alpha value is -1.10. The number of hydrogen-bond acceptors (Lipinski definition) is 3. The molecule has 0 aromatic rings. The average molecular weight is 213 g/mol. The van der Waals surface area contributed by atoms with Gasteiger partial charge < -0.3 is 16.4 Å². The molecule has 1 fully saturated rings. The van der Waals surface area contributed by atoms with Gasteiger partial charge in [0.2, 0.25) is 11.8 Å². The summed E-state index contributed by atoms with van der Waals surface area (Å²) in [6.45, 7) is 0.317. The molecule has 0 aliphatic heterocycles.